The Kier molecular flexibility index (Phi) is 3.90. The summed E-state index contributed by atoms with van der Waals surface area (Å²) in [7, 11) is 0. The Morgan fingerprint density at radius 2 is 1.71 bits per heavy atom. The number of hydrogen-bond donors (Lipinski definition) is 1. The Morgan fingerprint density at radius 3 is 2.43 bits per heavy atom. The Bertz CT molecular complexity index is 769. The van der Waals surface area contributed by atoms with E-state index < -0.39 is 0 Å². The van der Waals surface area contributed by atoms with E-state index in [2.05, 4.69) is 33.0 Å². The van der Waals surface area contributed by atoms with Crippen molar-refractivity contribution in [1.29, 1.82) is 0 Å². The number of nitrogens with zero attached hydrogens (tertiary/aromatic N) is 1. The summed E-state index contributed by atoms with van der Waals surface area (Å²) >= 11 is 3.47. The summed E-state index contributed by atoms with van der Waals surface area (Å²) in [6.07, 6.45) is 1.70. The fourth-order valence-electron chi connectivity index (χ4n) is 2.12. The summed E-state index contributed by atoms with van der Waals surface area (Å²) in [5.41, 5.74) is 6.64. The molecule has 3 rings (SSSR count). The van der Waals surface area contributed by atoms with Gasteiger partial charge in [0.15, 0.2) is 0 Å². The quantitative estimate of drug-likeness (QED) is 0.742. The van der Waals surface area contributed by atoms with Crippen LogP contribution in [0.4, 0.5) is 0 Å². The lowest BCUT2D eigenvalue weighted by Gasteiger charge is -2.09. The van der Waals surface area contributed by atoms with Crippen molar-refractivity contribution in [1.82, 2.24) is 4.98 Å². The maximum Gasteiger partial charge on any atom is 0.145 e. The molecule has 0 amide bonds. The number of fused-ring (bicyclic) bond motifs is 1. The second-order valence-electron chi connectivity index (χ2n) is 4.96. The van der Waals surface area contributed by atoms with Crippen LogP contribution in [0.2, 0.25) is 0 Å². The third-order valence-corrected chi connectivity index (χ3v) is 3.73. The molecule has 0 spiro atoms. The van der Waals surface area contributed by atoms with Crippen molar-refractivity contribution in [2.24, 2.45) is 5.73 Å². The van der Waals surface area contributed by atoms with E-state index in [1.165, 1.54) is 5.39 Å². The van der Waals surface area contributed by atoms with Gasteiger partial charge in [0, 0.05) is 10.5 Å². The second-order valence-corrected chi connectivity index (χ2v) is 5.88. The summed E-state index contributed by atoms with van der Waals surface area (Å²) in [6.45, 7) is 1.91. The number of rotatable bonds is 3. The summed E-state index contributed by atoms with van der Waals surface area (Å²) in [5.74, 6) is 1.50. The molecule has 3 aromatic rings. The molecule has 21 heavy (non-hydrogen) atoms. The first-order chi connectivity index (χ1) is 10.1. The number of hydrogen-bond acceptors (Lipinski definition) is 3. The molecular formula is C17H15BrN2O. The van der Waals surface area contributed by atoms with Crippen molar-refractivity contribution < 1.29 is 4.74 Å². The average molecular weight is 343 g/mol. The van der Waals surface area contributed by atoms with Gasteiger partial charge in [-0.15, -0.1) is 0 Å². The molecule has 0 fully saturated rings. The minimum atomic E-state index is -0.0711. The van der Waals surface area contributed by atoms with E-state index >= 15 is 0 Å². The first-order valence-corrected chi connectivity index (χ1v) is 7.50. The minimum Gasteiger partial charge on any atom is -0.456 e. The summed E-state index contributed by atoms with van der Waals surface area (Å²) in [4.78, 5) is 4.29. The van der Waals surface area contributed by atoms with Crippen molar-refractivity contribution in [3.63, 3.8) is 0 Å². The van der Waals surface area contributed by atoms with E-state index in [1.54, 1.807) is 6.20 Å². The third kappa shape index (κ3) is 3.23. The van der Waals surface area contributed by atoms with Gasteiger partial charge >= 0.3 is 0 Å². The summed E-state index contributed by atoms with van der Waals surface area (Å²) in [5, 5.41) is 2.30. The monoisotopic (exact) mass is 342 g/mol. The molecule has 0 unspecified atom stereocenters. The van der Waals surface area contributed by atoms with Gasteiger partial charge in [0.05, 0.1) is 11.9 Å². The molecule has 106 valence electrons. The van der Waals surface area contributed by atoms with Gasteiger partial charge in [0.1, 0.15) is 11.5 Å². The van der Waals surface area contributed by atoms with Gasteiger partial charge in [-0.1, -0.05) is 28.1 Å². The number of pyridine rings is 1. The highest BCUT2D eigenvalue weighted by Crippen LogP contribution is 2.27. The molecule has 0 aliphatic rings. The fourth-order valence-corrected chi connectivity index (χ4v) is 2.49. The predicted molar refractivity (Wildman–Crippen MR) is 88.6 cm³/mol. The van der Waals surface area contributed by atoms with E-state index in [0.29, 0.717) is 5.75 Å². The van der Waals surface area contributed by atoms with Crippen LogP contribution in [0.25, 0.3) is 10.8 Å². The Hall–Kier alpha value is -1.91. The third-order valence-electron chi connectivity index (χ3n) is 3.24. The largest absolute Gasteiger partial charge is 0.456 e. The molecule has 0 bridgehead atoms. The van der Waals surface area contributed by atoms with E-state index in [1.807, 2.05) is 43.3 Å². The van der Waals surface area contributed by atoms with Crippen LogP contribution in [0, 0.1) is 0 Å². The number of ether oxygens (including phenoxy) is 1. The Balaban J connectivity index is 1.85. The van der Waals surface area contributed by atoms with Crippen LogP contribution in [0.1, 0.15) is 18.7 Å². The molecule has 1 aromatic heterocycles. The second kappa shape index (κ2) is 5.84. The number of halogens is 1. The lowest BCUT2D eigenvalue weighted by molar-refractivity contribution is 0.480. The van der Waals surface area contributed by atoms with Crippen LogP contribution in [0.15, 0.2) is 59.2 Å². The average Bonchev–Trinajstić information content (AvgIpc) is 2.48. The summed E-state index contributed by atoms with van der Waals surface area (Å²) < 4.78 is 6.91. The molecule has 4 heteroatoms. The summed E-state index contributed by atoms with van der Waals surface area (Å²) in [6, 6.07) is 15.9. The highest BCUT2D eigenvalue weighted by molar-refractivity contribution is 9.10. The van der Waals surface area contributed by atoms with E-state index in [0.717, 1.165) is 21.3 Å². The van der Waals surface area contributed by atoms with Crippen molar-refractivity contribution >= 4 is 26.7 Å². The first-order valence-electron chi connectivity index (χ1n) is 6.70. The fraction of sp³-hybridized carbons (Fsp3) is 0.118. The molecule has 0 aliphatic heterocycles. The molecule has 0 radical (unpaired) electrons. The van der Waals surface area contributed by atoms with Gasteiger partial charge in [-0.25, -0.2) is 0 Å². The molecule has 0 aliphatic carbocycles. The molecule has 2 N–H and O–H groups in total. The maximum atomic E-state index is 5.84. The van der Waals surface area contributed by atoms with Crippen molar-refractivity contribution in [2.75, 3.05) is 0 Å². The number of nitrogens with two attached hydrogens (primary N) is 1. The van der Waals surface area contributed by atoms with Crippen LogP contribution in [-0.4, -0.2) is 4.98 Å². The van der Waals surface area contributed by atoms with Crippen molar-refractivity contribution in [2.45, 2.75) is 13.0 Å². The predicted octanol–water partition coefficient (Wildman–Crippen LogP) is 4.81. The van der Waals surface area contributed by atoms with Crippen LogP contribution in [0.3, 0.4) is 0 Å². The number of aromatic nitrogens is 1. The Morgan fingerprint density at radius 1 is 1.00 bits per heavy atom. The van der Waals surface area contributed by atoms with Gasteiger partial charge in [0.2, 0.25) is 0 Å². The zero-order valence-corrected chi connectivity index (χ0v) is 13.2. The topological polar surface area (TPSA) is 48.1 Å². The Labute approximate surface area is 131 Å². The van der Waals surface area contributed by atoms with Crippen LogP contribution in [0.5, 0.6) is 11.5 Å². The highest BCUT2D eigenvalue weighted by Gasteiger charge is 2.03. The lowest BCUT2D eigenvalue weighted by atomic mass is 10.1. The maximum absolute atomic E-state index is 5.84. The van der Waals surface area contributed by atoms with E-state index in [-0.39, 0.29) is 6.04 Å². The molecule has 1 heterocycles. The first kappa shape index (κ1) is 14.0. The van der Waals surface area contributed by atoms with Gasteiger partial charge in [-0.3, -0.25) is 4.98 Å². The standard InChI is InChI=1S/C17H15BrN2O/c1-11(19)17-7-6-16(10-20-17)21-15-5-3-12-8-14(18)4-2-13(12)9-15/h2-11H,19H2,1H3/t11-/m0/s1. The van der Waals surface area contributed by atoms with Crippen LogP contribution < -0.4 is 10.5 Å². The van der Waals surface area contributed by atoms with Crippen LogP contribution in [-0.2, 0) is 0 Å². The van der Waals surface area contributed by atoms with E-state index in [9.17, 15) is 0 Å². The molecular weight excluding hydrogens is 328 g/mol. The molecule has 0 saturated carbocycles. The molecule has 0 saturated heterocycles. The molecule has 3 nitrogen and oxygen atoms in total. The normalized spacial score (nSPS) is 12.3. The van der Waals surface area contributed by atoms with Crippen molar-refractivity contribution in [3.8, 4) is 11.5 Å². The zero-order valence-electron chi connectivity index (χ0n) is 11.6. The highest BCUT2D eigenvalue weighted by atomic mass is 79.9. The van der Waals surface area contributed by atoms with Gasteiger partial charge in [-0.05, 0) is 54.1 Å². The van der Waals surface area contributed by atoms with E-state index in [4.69, 9.17) is 10.5 Å². The minimum absolute atomic E-state index is 0.0711. The van der Waals surface area contributed by atoms with Gasteiger partial charge in [0.25, 0.3) is 0 Å². The van der Waals surface area contributed by atoms with Crippen molar-refractivity contribution in [3.05, 3.63) is 64.9 Å². The van der Waals surface area contributed by atoms with Crippen LogP contribution >= 0.6 is 15.9 Å². The smallest absolute Gasteiger partial charge is 0.145 e. The molecule has 1 atom stereocenters. The SMILES string of the molecule is C[C@H](N)c1ccc(Oc2ccc3cc(Br)ccc3c2)cn1. The van der Waals surface area contributed by atoms with Gasteiger partial charge in [-0.2, -0.15) is 0 Å². The lowest BCUT2D eigenvalue weighted by Crippen LogP contribution is -2.06. The molecule has 2 aromatic carbocycles. The van der Waals surface area contributed by atoms with Gasteiger partial charge < -0.3 is 10.5 Å². The number of benzene rings is 2. The zero-order chi connectivity index (χ0) is 14.8.